The molecule has 0 saturated heterocycles. The van der Waals surface area contributed by atoms with Crippen molar-refractivity contribution in [2.24, 2.45) is 0 Å². The average Bonchev–Trinajstić information content (AvgIpc) is 3.13. The largest absolute Gasteiger partial charge is 0.481 e. The van der Waals surface area contributed by atoms with Gasteiger partial charge in [-0.3, -0.25) is 10.1 Å². The molecule has 3 heterocycles. The smallest absolute Gasteiger partial charge is 0.259 e. The molecule has 9 heteroatoms. The van der Waals surface area contributed by atoms with Crippen LogP contribution in [0, 0.1) is 0 Å². The molecular weight excluding hydrogens is 377 g/mol. The summed E-state index contributed by atoms with van der Waals surface area (Å²) < 4.78 is 6.12. The molecule has 0 aliphatic heterocycles. The Bertz CT molecular complexity index is 846. The number of halogens is 2. The van der Waals surface area contributed by atoms with E-state index in [1.807, 2.05) is 5.38 Å². The van der Waals surface area contributed by atoms with Crippen molar-refractivity contribution in [2.75, 3.05) is 12.4 Å². The number of amides is 1. The Morgan fingerprint density at radius 1 is 1.35 bits per heavy atom. The lowest BCUT2D eigenvalue weighted by Gasteiger charge is -2.02. The summed E-state index contributed by atoms with van der Waals surface area (Å²) in [6.45, 7) is 0. The van der Waals surface area contributed by atoms with E-state index in [9.17, 15) is 4.79 Å². The minimum absolute atomic E-state index is 0.296. The van der Waals surface area contributed by atoms with Gasteiger partial charge in [0.25, 0.3) is 5.91 Å². The van der Waals surface area contributed by atoms with E-state index < -0.39 is 0 Å². The van der Waals surface area contributed by atoms with E-state index in [0.29, 0.717) is 30.9 Å². The molecule has 3 rings (SSSR count). The maximum Gasteiger partial charge on any atom is 0.259 e. The first kappa shape index (κ1) is 16.2. The van der Waals surface area contributed by atoms with Crippen LogP contribution in [-0.2, 0) is 0 Å². The molecule has 23 heavy (non-hydrogen) atoms. The van der Waals surface area contributed by atoms with Crippen LogP contribution < -0.4 is 10.1 Å². The number of pyridine rings is 1. The summed E-state index contributed by atoms with van der Waals surface area (Å²) >= 11 is 14.6. The number of nitrogens with one attached hydrogen (secondary N) is 1. The zero-order chi connectivity index (χ0) is 16.4. The minimum atomic E-state index is -0.296. The number of rotatable bonds is 4. The van der Waals surface area contributed by atoms with E-state index >= 15 is 0 Å². The Labute approximate surface area is 149 Å². The van der Waals surface area contributed by atoms with Crippen molar-refractivity contribution in [3.63, 3.8) is 0 Å². The molecule has 0 unspecified atom stereocenters. The Balaban J connectivity index is 1.75. The van der Waals surface area contributed by atoms with Gasteiger partial charge in [0.1, 0.15) is 4.34 Å². The predicted octanol–water partition coefficient (Wildman–Crippen LogP) is 4.83. The van der Waals surface area contributed by atoms with Crippen molar-refractivity contribution in [2.45, 2.75) is 0 Å². The number of carbonyl (C=O) groups excluding carboxylic acids is 1. The number of ether oxygens (including phenoxy) is 1. The van der Waals surface area contributed by atoms with E-state index in [1.165, 1.54) is 36.0 Å². The molecule has 1 N–H and O–H groups in total. The van der Waals surface area contributed by atoms with Crippen LogP contribution in [0.4, 0.5) is 5.13 Å². The lowest BCUT2D eigenvalue weighted by atomic mass is 10.2. The Kier molecular flexibility index (Phi) is 4.82. The number of hydrogen-bond donors (Lipinski definition) is 1. The fraction of sp³-hybridized carbons (Fsp3) is 0.0714. The highest BCUT2D eigenvalue weighted by Gasteiger charge is 2.14. The van der Waals surface area contributed by atoms with Crippen LogP contribution in [0.1, 0.15) is 10.4 Å². The number of hydrogen-bond acceptors (Lipinski definition) is 6. The van der Waals surface area contributed by atoms with Gasteiger partial charge in [-0.05, 0) is 12.1 Å². The zero-order valence-corrected chi connectivity index (χ0v) is 14.8. The average molecular weight is 386 g/mol. The topological polar surface area (TPSA) is 64.1 Å². The number of aromatic nitrogens is 2. The summed E-state index contributed by atoms with van der Waals surface area (Å²) in [6.07, 6.45) is 1.44. The van der Waals surface area contributed by atoms with E-state index in [0.717, 1.165) is 5.56 Å². The first-order chi connectivity index (χ1) is 11.1. The second-order valence-corrected chi connectivity index (χ2v) is 7.46. The van der Waals surface area contributed by atoms with Crippen LogP contribution in [0.3, 0.4) is 0 Å². The molecule has 0 aliphatic rings. The highest BCUT2D eigenvalue weighted by molar-refractivity contribution is 7.20. The summed E-state index contributed by atoms with van der Waals surface area (Å²) in [5, 5.41) is 5.01. The number of thiophene rings is 1. The molecule has 0 radical (unpaired) electrons. The van der Waals surface area contributed by atoms with Crippen LogP contribution in [-0.4, -0.2) is 23.0 Å². The second-order valence-electron chi connectivity index (χ2n) is 4.32. The molecule has 3 aromatic heterocycles. The molecule has 118 valence electrons. The van der Waals surface area contributed by atoms with Crippen molar-refractivity contribution in [3.8, 4) is 17.1 Å². The van der Waals surface area contributed by atoms with Crippen LogP contribution in [0.15, 0.2) is 29.8 Å². The molecule has 0 bridgehead atoms. The fourth-order valence-electron chi connectivity index (χ4n) is 1.77. The molecule has 0 aliphatic carbocycles. The third-order valence-corrected chi connectivity index (χ3v) is 5.11. The Hall–Kier alpha value is -1.67. The Morgan fingerprint density at radius 3 is 2.78 bits per heavy atom. The first-order valence-corrected chi connectivity index (χ1v) is 8.74. The number of nitrogens with zero attached hydrogens (tertiary/aromatic N) is 2. The van der Waals surface area contributed by atoms with Crippen molar-refractivity contribution in [1.82, 2.24) is 9.97 Å². The molecule has 3 aromatic rings. The van der Waals surface area contributed by atoms with E-state index in [4.69, 9.17) is 27.9 Å². The van der Waals surface area contributed by atoms with E-state index in [1.54, 1.807) is 18.2 Å². The quantitative estimate of drug-likeness (QED) is 0.697. The summed E-state index contributed by atoms with van der Waals surface area (Å²) in [6, 6.07) is 5.00. The SMILES string of the molecule is COc1ccc(C(=O)Nc2nc(-c3cc(Cl)sc3Cl)cs2)cn1. The maximum atomic E-state index is 12.2. The van der Waals surface area contributed by atoms with Crippen molar-refractivity contribution in [1.29, 1.82) is 0 Å². The third kappa shape index (κ3) is 3.64. The number of methoxy groups -OCH3 is 1. The lowest BCUT2D eigenvalue weighted by molar-refractivity contribution is 0.102. The lowest BCUT2D eigenvalue weighted by Crippen LogP contribution is -2.12. The fourth-order valence-corrected chi connectivity index (χ4v) is 3.96. The van der Waals surface area contributed by atoms with Gasteiger partial charge < -0.3 is 4.74 Å². The number of anilines is 1. The van der Waals surface area contributed by atoms with Gasteiger partial charge in [0, 0.05) is 23.2 Å². The van der Waals surface area contributed by atoms with Crippen LogP contribution in [0.2, 0.25) is 8.67 Å². The highest BCUT2D eigenvalue weighted by Crippen LogP contribution is 2.39. The number of carbonyl (C=O) groups is 1. The van der Waals surface area contributed by atoms with Crippen LogP contribution in [0.5, 0.6) is 5.88 Å². The van der Waals surface area contributed by atoms with Gasteiger partial charge in [0.15, 0.2) is 5.13 Å². The molecular formula is C14H9Cl2N3O2S2. The maximum absolute atomic E-state index is 12.2. The normalized spacial score (nSPS) is 10.6. The molecule has 0 atom stereocenters. The molecule has 0 saturated carbocycles. The van der Waals surface area contributed by atoms with Crippen molar-refractivity contribution in [3.05, 3.63) is 44.0 Å². The van der Waals surface area contributed by atoms with Crippen molar-refractivity contribution >= 4 is 56.9 Å². The van der Waals surface area contributed by atoms with Gasteiger partial charge in [-0.25, -0.2) is 9.97 Å². The molecule has 0 fully saturated rings. The van der Waals surface area contributed by atoms with Gasteiger partial charge in [-0.1, -0.05) is 23.2 Å². The van der Waals surface area contributed by atoms with E-state index in [2.05, 4.69) is 15.3 Å². The standard InChI is InChI=1S/C14H9Cl2N3O2S2/c1-21-11-3-2-7(5-17-11)13(20)19-14-18-9(6-22-14)8-4-10(15)23-12(8)16/h2-6H,1H3,(H,18,19,20). The van der Waals surface area contributed by atoms with Crippen molar-refractivity contribution < 1.29 is 9.53 Å². The summed E-state index contributed by atoms with van der Waals surface area (Å²) in [4.78, 5) is 20.5. The van der Waals surface area contributed by atoms with Crippen LogP contribution in [0.25, 0.3) is 11.3 Å². The summed E-state index contributed by atoms with van der Waals surface area (Å²) in [7, 11) is 1.51. The number of thiazole rings is 1. The summed E-state index contributed by atoms with van der Waals surface area (Å²) in [5.41, 5.74) is 1.84. The molecule has 5 nitrogen and oxygen atoms in total. The summed E-state index contributed by atoms with van der Waals surface area (Å²) in [5.74, 6) is 0.151. The van der Waals surface area contributed by atoms with Gasteiger partial charge in [0.2, 0.25) is 5.88 Å². The predicted molar refractivity (Wildman–Crippen MR) is 94.2 cm³/mol. The van der Waals surface area contributed by atoms with Gasteiger partial charge in [-0.2, -0.15) is 0 Å². The first-order valence-electron chi connectivity index (χ1n) is 6.29. The van der Waals surface area contributed by atoms with Gasteiger partial charge in [-0.15, -0.1) is 22.7 Å². The molecule has 1 amide bonds. The monoisotopic (exact) mass is 385 g/mol. The van der Waals surface area contributed by atoms with Gasteiger partial charge in [0.05, 0.1) is 22.7 Å². The van der Waals surface area contributed by atoms with E-state index in [-0.39, 0.29) is 5.91 Å². The molecule has 0 aromatic carbocycles. The Morgan fingerprint density at radius 2 is 2.17 bits per heavy atom. The third-order valence-electron chi connectivity index (χ3n) is 2.86. The minimum Gasteiger partial charge on any atom is -0.481 e. The zero-order valence-electron chi connectivity index (χ0n) is 11.7. The molecule has 0 spiro atoms. The van der Waals surface area contributed by atoms with Crippen LogP contribution >= 0.6 is 45.9 Å². The van der Waals surface area contributed by atoms with Gasteiger partial charge >= 0.3 is 0 Å². The highest BCUT2D eigenvalue weighted by atomic mass is 35.5. The second kappa shape index (κ2) is 6.84.